The van der Waals surface area contributed by atoms with E-state index in [9.17, 15) is 9.59 Å². The van der Waals surface area contributed by atoms with Crippen LogP contribution in [0.15, 0.2) is 60.2 Å². The average Bonchev–Trinajstić information content (AvgIpc) is 2.74. The summed E-state index contributed by atoms with van der Waals surface area (Å²) in [4.78, 5) is 25.9. The van der Waals surface area contributed by atoms with Gasteiger partial charge in [-0.05, 0) is 36.1 Å². The summed E-state index contributed by atoms with van der Waals surface area (Å²) in [5.41, 5.74) is 9.81. The summed E-state index contributed by atoms with van der Waals surface area (Å²) in [5.74, 6) is -0.309. The van der Waals surface area contributed by atoms with Crippen LogP contribution in [0.25, 0.3) is 11.1 Å². The van der Waals surface area contributed by atoms with E-state index in [0.29, 0.717) is 37.1 Å². The Balaban J connectivity index is 1.65. The Labute approximate surface area is 164 Å². The molecule has 0 saturated carbocycles. The zero-order valence-electron chi connectivity index (χ0n) is 15.8. The van der Waals surface area contributed by atoms with Crippen LogP contribution in [0.4, 0.5) is 0 Å². The van der Waals surface area contributed by atoms with Crippen molar-refractivity contribution in [2.45, 2.75) is 12.8 Å². The number of piperidine rings is 1. The second-order valence-electron chi connectivity index (χ2n) is 6.69. The monoisotopic (exact) mass is 377 g/mol. The molecule has 3 rings (SSSR count). The summed E-state index contributed by atoms with van der Waals surface area (Å²) in [6, 6.07) is 14.9. The Morgan fingerprint density at radius 2 is 1.46 bits per heavy atom. The zero-order chi connectivity index (χ0) is 20.1. The molecule has 1 saturated heterocycles. The molecule has 0 aliphatic carbocycles. The number of carbonyl (C=O) groups is 2. The molecular weight excluding hydrogens is 354 g/mol. The van der Waals surface area contributed by atoms with E-state index in [2.05, 4.69) is 4.74 Å². The summed E-state index contributed by atoms with van der Waals surface area (Å²) in [5, 5.41) is 7.45. The number of methoxy groups -OCH3 is 1. The van der Waals surface area contributed by atoms with Crippen molar-refractivity contribution in [1.29, 1.82) is 5.41 Å². The molecule has 1 heterocycles. The van der Waals surface area contributed by atoms with Crippen LogP contribution in [0.5, 0.6) is 0 Å². The molecule has 6 heteroatoms. The fourth-order valence-corrected chi connectivity index (χ4v) is 3.20. The predicted molar refractivity (Wildman–Crippen MR) is 108 cm³/mol. The number of amides is 1. The molecule has 2 aromatic carbocycles. The van der Waals surface area contributed by atoms with Crippen molar-refractivity contribution in [3.8, 4) is 11.1 Å². The normalized spacial score (nSPS) is 13.8. The lowest BCUT2D eigenvalue weighted by Crippen LogP contribution is -2.36. The molecule has 144 valence electrons. The molecule has 0 bridgehead atoms. The van der Waals surface area contributed by atoms with Gasteiger partial charge < -0.3 is 15.4 Å². The zero-order valence-corrected chi connectivity index (χ0v) is 15.8. The van der Waals surface area contributed by atoms with Gasteiger partial charge in [-0.25, -0.2) is 4.79 Å². The Morgan fingerprint density at radius 3 is 1.93 bits per heavy atom. The van der Waals surface area contributed by atoms with Gasteiger partial charge in [0.1, 0.15) is 5.84 Å². The van der Waals surface area contributed by atoms with Crippen LogP contribution in [0.2, 0.25) is 0 Å². The van der Waals surface area contributed by atoms with Crippen LogP contribution >= 0.6 is 0 Å². The van der Waals surface area contributed by atoms with Gasteiger partial charge in [0.05, 0.1) is 7.11 Å². The number of carbonyl (C=O) groups excluding carboxylic acids is 2. The van der Waals surface area contributed by atoms with Gasteiger partial charge in [-0.3, -0.25) is 10.2 Å². The van der Waals surface area contributed by atoms with Crippen molar-refractivity contribution in [3.63, 3.8) is 0 Å². The standard InChI is InChI=1S/C22H23N3O3/c1-28-20(26)14-15-10-12-25(13-11-15)22(27)19-8-4-17(5-9-19)16-2-6-18(7-3-16)21(23)24/h2-9,14H,10-13H2,1H3,(H3,23,24). The van der Waals surface area contributed by atoms with Crippen LogP contribution in [0, 0.1) is 5.41 Å². The van der Waals surface area contributed by atoms with Crippen molar-refractivity contribution in [2.75, 3.05) is 20.2 Å². The minimum Gasteiger partial charge on any atom is -0.466 e. The lowest BCUT2D eigenvalue weighted by Gasteiger charge is -2.28. The van der Waals surface area contributed by atoms with E-state index in [1.165, 1.54) is 13.2 Å². The third-order valence-electron chi connectivity index (χ3n) is 4.88. The molecule has 0 unspecified atom stereocenters. The third kappa shape index (κ3) is 4.46. The highest BCUT2D eigenvalue weighted by Gasteiger charge is 2.20. The number of likely N-dealkylation sites (tertiary alicyclic amines) is 1. The fraction of sp³-hybridized carbons (Fsp3) is 0.227. The highest BCUT2D eigenvalue weighted by Crippen LogP contribution is 2.22. The first-order valence-electron chi connectivity index (χ1n) is 9.09. The number of rotatable bonds is 4. The maximum absolute atomic E-state index is 12.7. The number of esters is 1. The van der Waals surface area contributed by atoms with Crippen molar-refractivity contribution in [2.24, 2.45) is 5.73 Å². The van der Waals surface area contributed by atoms with E-state index >= 15 is 0 Å². The molecule has 2 aromatic rings. The number of ether oxygens (including phenoxy) is 1. The molecule has 0 atom stereocenters. The van der Waals surface area contributed by atoms with Crippen LogP contribution in [0.3, 0.4) is 0 Å². The van der Waals surface area contributed by atoms with Crippen molar-refractivity contribution < 1.29 is 14.3 Å². The van der Waals surface area contributed by atoms with Crippen LogP contribution < -0.4 is 5.73 Å². The van der Waals surface area contributed by atoms with E-state index in [4.69, 9.17) is 11.1 Å². The number of amidine groups is 1. The minimum atomic E-state index is -0.346. The van der Waals surface area contributed by atoms with Gasteiger partial charge >= 0.3 is 5.97 Å². The lowest BCUT2D eigenvalue weighted by molar-refractivity contribution is -0.134. The molecule has 0 aromatic heterocycles. The number of nitrogens with two attached hydrogens (primary N) is 1. The van der Waals surface area contributed by atoms with E-state index in [1.807, 2.05) is 53.4 Å². The van der Waals surface area contributed by atoms with Crippen molar-refractivity contribution in [3.05, 3.63) is 71.3 Å². The number of hydrogen-bond donors (Lipinski definition) is 2. The Hall–Kier alpha value is -3.41. The van der Waals surface area contributed by atoms with E-state index in [0.717, 1.165) is 16.7 Å². The SMILES string of the molecule is COC(=O)C=C1CCN(C(=O)c2ccc(-c3ccc(C(=N)N)cc3)cc2)CC1. The molecule has 28 heavy (non-hydrogen) atoms. The van der Waals surface area contributed by atoms with Crippen LogP contribution in [-0.2, 0) is 9.53 Å². The van der Waals surface area contributed by atoms with Crippen molar-refractivity contribution in [1.82, 2.24) is 4.90 Å². The van der Waals surface area contributed by atoms with Gasteiger partial charge in [0, 0.05) is 30.3 Å². The van der Waals surface area contributed by atoms with Gasteiger partial charge in [0.2, 0.25) is 0 Å². The maximum atomic E-state index is 12.7. The van der Waals surface area contributed by atoms with Gasteiger partial charge in [-0.15, -0.1) is 0 Å². The molecule has 1 aliphatic rings. The third-order valence-corrected chi connectivity index (χ3v) is 4.88. The van der Waals surface area contributed by atoms with E-state index in [1.54, 1.807) is 0 Å². The van der Waals surface area contributed by atoms with E-state index < -0.39 is 0 Å². The smallest absolute Gasteiger partial charge is 0.330 e. The first kappa shape index (κ1) is 19.4. The van der Waals surface area contributed by atoms with Crippen LogP contribution in [0.1, 0.15) is 28.8 Å². The summed E-state index contributed by atoms with van der Waals surface area (Å²) >= 11 is 0. The number of benzene rings is 2. The fourth-order valence-electron chi connectivity index (χ4n) is 3.20. The topological polar surface area (TPSA) is 96.5 Å². The number of nitrogens with one attached hydrogen (secondary N) is 1. The van der Waals surface area contributed by atoms with Crippen molar-refractivity contribution >= 4 is 17.7 Å². The first-order valence-corrected chi connectivity index (χ1v) is 9.09. The number of hydrogen-bond acceptors (Lipinski definition) is 4. The van der Waals surface area contributed by atoms with Gasteiger partial charge in [0.25, 0.3) is 5.91 Å². The van der Waals surface area contributed by atoms with Gasteiger partial charge in [-0.1, -0.05) is 42.0 Å². The molecule has 0 spiro atoms. The highest BCUT2D eigenvalue weighted by atomic mass is 16.5. The predicted octanol–water partition coefficient (Wildman–Crippen LogP) is 2.97. The van der Waals surface area contributed by atoms with E-state index in [-0.39, 0.29) is 17.7 Å². The number of nitrogen functional groups attached to an aromatic ring is 1. The molecule has 3 N–H and O–H groups in total. The summed E-state index contributed by atoms with van der Waals surface area (Å²) in [6.45, 7) is 1.19. The average molecular weight is 377 g/mol. The second-order valence-corrected chi connectivity index (χ2v) is 6.69. The highest BCUT2D eigenvalue weighted by molar-refractivity contribution is 5.96. The minimum absolute atomic E-state index is 0.00408. The Bertz CT molecular complexity index is 905. The molecule has 1 fully saturated rings. The maximum Gasteiger partial charge on any atom is 0.330 e. The summed E-state index contributed by atoms with van der Waals surface area (Å²) in [6.07, 6.45) is 2.89. The molecular formula is C22H23N3O3. The molecule has 1 amide bonds. The largest absolute Gasteiger partial charge is 0.466 e. The van der Waals surface area contributed by atoms with Crippen LogP contribution in [-0.4, -0.2) is 42.8 Å². The van der Waals surface area contributed by atoms with Gasteiger partial charge in [0.15, 0.2) is 0 Å². The summed E-state index contributed by atoms with van der Waals surface area (Å²) < 4.78 is 4.65. The second kappa shape index (κ2) is 8.52. The number of nitrogens with zero attached hydrogens (tertiary/aromatic N) is 1. The summed E-state index contributed by atoms with van der Waals surface area (Å²) in [7, 11) is 1.36. The lowest BCUT2D eigenvalue weighted by atomic mass is 10.0. The Kier molecular flexibility index (Phi) is 5.89. The molecule has 1 aliphatic heterocycles. The van der Waals surface area contributed by atoms with Gasteiger partial charge in [-0.2, -0.15) is 0 Å². The first-order chi connectivity index (χ1) is 13.5. The quantitative estimate of drug-likeness (QED) is 0.370. The molecule has 6 nitrogen and oxygen atoms in total. The molecule has 0 radical (unpaired) electrons. The Morgan fingerprint density at radius 1 is 0.964 bits per heavy atom.